The van der Waals surface area contributed by atoms with Gasteiger partial charge in [-0.05, 0) is 47.6 Å². The zero-order valence-electron chi connectivity index (χ0n) is 15.4. The maximum Gasteiger partial charge on any atom is 0.166 e. The molecule has 3 aromatic rings. The van der Waals surface area contributed by atoms with Gasteiger partial charge >= 0.3 is 0 Å². The Morgan fingerprint density at radius 3 is 1.85 bits per heavy atom. The molecule has 0 heterocycles. The van der Waals surface area contributed by atoms with Crippen LogP contribution in [0.15, 0.2) is 60.7 Å². The van der Waals surface area contributed by atoms with Crippen molar-refractivity contribution in [3.8, 4) is 22.3 Å². The highest BCUT2D eigenvalue weighted by Gasteiger charge is 2.12. The Balaban J connectivity index is 1.78. The first-order valence-electron chi connectivity index (χ1n) is 9.24. The Morgan fingerprint density at radius 2 is 1.23 bits per heavy atom. The van der Waals surface area contributed by atoms with Crippen molar-refractivity contribution in [1.82, 2.24) is 0 Å². The summed E-state index contributed by atoms with van der Waals surface area (Å²) in [5, 5.41) is 0. The van der Waals surface area contributed by atoms with E-state index in [1.165, 1.54) is 24.8 Å². The second kappa shape index (κ2) is 8.27. The van der Waals surface area contributed by atoms with E-state index in [-0.39, 0.29) is 0 Å². The predicted octanol–water partition coefficient (Wildman–Crippen LogP) is 7.34. The molecular formula is C24H24F2. The van der Waals surface area contributed by atoms with E-state index in [0.717, 1.165) is 17.5 Å². The van der Waals surface area contributed by atoms with Crippen LogP contribution in [0.3, 0.4) is 0 Å². The van der Waals surface area contributed by atoms with Gasteiger partial charge in [-0.2, -0.15) is 0 Å². The van der Waals surface area contributed by atoms with Crippen LogP contribution >= 0.6 is 0 Å². The minimum absolute atomic E-state index is 0.297. The van der Waals surface area contributed by atoms with Gasteiger partial charge in [-0.25, -0.2) is 8.78 Å². The van der Waals surface area contributed by atoms with Crippen LogP contribution in [-0.2, 0) is 6.42 Å². The molecule has 0 aliphatic rings. The van der Waals surface area contributed by atoms with Crippen molar-refractivity contribution in [2.75, 3.05) is 0 Å². The minimum atomic E-state index is -0.783. The summed E-state index contributed by atoms with van der Waals surface area (Å²) in [6, 6.07) is 19.5. The van der Waals surface area contributed by atoms with E-state index in [2.05, 4.69) is 31.2 Å². The average molecular weight is 350 g/mol. The Hall–Kier alpha value is -2.48. The zero-order chi connectivity index (χ0) is 18.5. The van der Waals surface area contributed by atoms with Gasteiger partial charge in [-0.1, -0.05) is 80.4 Å². The van der Waals surface area contributed by atoms with Crippen molar-refractivity contribution >= 4 is 0 Å². The number of hydrogen-bond acceptors (Lipinski definition) is 0. The molecule has 0 aliphatic heterocycles. The van der Waals surface area contributed by atoms with Crippen LogP contribution < -0.4 is 0 Å². The summed E-state index contributed by atoms with van der Waals surface area (Å²) in [6.45, 7) is 3.78. The van der Waals surface area contributed by atoms with E-state index in [9.17, 15) is 8.78 Å². The summed E-state index contributed by atoms with van der Waals surface area (Å²) >= 11 is 0. The lowest BCUT2D eigenvalue weighted by atomic mass is 9.98. The summed E-state index contributed by atoms with van der Waals surface area (Å²) in [4.78, 5) is 0. The number of aryl methyl sites for hydroxylation is 2. The van der Waals surface area contributed by atoms with Crippen molar-refractivity contribution in [1.29, 1.82) is 0 Å². The summed E-state index contributed by atoms with van der Waals surface area (Å²) in [5.41, 5.74) is 4.86. The standard InChI is InChI=1S/C24H24F2/c1-3-4-5-6-18-8-10-19(11-9-18)20-12-14-21(15-13-20)22-16-7-17(2)23(25)24(22)26/h7-16H,3-6H2,1-2H3. The van der Waals surface area contributed by atoms with Crippen LogP contribution in [0.4, 0.5) is 8.78 Å². The maximum atomic E-state index is 14.2. The molecule has 3 rings (SSSR count). The maximum absolute atomic E-state index is 14.2. The molecule has 0 aromatic heterocycles. The lowest BCUT2D eigenvalue weighted by Crippen LogP contribution is -1.93. The number of benzene rings is 3. The van der Waals surface area contributed by atoms with Gasteiger partial charge < -0.3 is 0 Å². The Bertz CT molecular complexity index is 862. The van der Waals surface area contributed by atoms with E-state index < -0.39 is 11.6 Å². The molecule has 0 saturated heterocycles. The predicted molar refractivity (Wildman–Crippen MR) is 105 cm³/mol. The van der Waals surface area contributed by atoms with E-state index in [0.29, 0.717) is 16.7 Å². The van der Waals surface area contributed by atoms with E-state index in [1.54, 1.807) is 19.1 Å². The third-order valence-corrected chi connectivity index (χ3v) is 4.83. The Morgan fingerprint density at radius 1 is 0.654 bits per heavy atom. The average Bonchev–Trinajstić information content (AvgIpc) is 2.67. The normalized spacial score (nSPS) is 10.9. The van der Waals surface area contributed by atoms with Gasteiger partial charge in [0.1, 0.15) is 0 Å². The van der Waals surface area contributed by atoms with Gasteiger partial charge in [-0.3, -0.25) is 0 Å². The second-order valence-electron chi connectivity index (χ2n) is 6.79. The van der Waals surface area contributed by atoms with Crippen LogP contribution in [0.2, 0.25) is 0 Å². The molecule has 0 unspecified atom stereocenters. The molecule has 0 bridgehead atoms. The number of rotatable bonds is 6. The molecule has 0 radical (unpaired) electrons. The lowest BCUT2D eigenvalue weighted by molar-refractivity contribution is 0.505. The minimum Gasteiger partial charge on any atom is -0.203 e. The first kappa shape index (κ1) is 18.3. The fourth-order valence-electron chi connectivity index (χ4n) is 3.15. The topological polar surface area (TPSA) is 0 Å². The highest BCUT2D eigenvalue weighted by molar-refractivity contribution is 5.71. The van der Waals surface area contributed by atoms with Crippen molar-refractivity contribution in [3.05, 3.63) is 83.4 Å². The number of unbranched alkanes of at least 4 members (excludes halogenated alkanes) is 2. The molecule has 0 atom stereocenters. The SMILES string of the molecule is CCCCCc1ccc(-c2ccc(-c3ccc(C)c(F)c3F)cc2)cc1. The second-order valence-corrected chi connectivity index (χ2v) is 6.79. The van der Waals surface area contributed by atoms with Crippen molar-refractivity contribution in [2.24, 2.45) is 0 Å². The van der Waals surface area contributed by atoms with Gasteiger partial charge in [0, 0.05) is 5.56 Å². The third-order valence-electron chi connectivity index (χ3n) is 4.83. The van der Waals surface area contributed by atoms with E-state index >= 15 is 0 Å². The fourth-order valence-corrected chi connectivity index (χ4v) is 3.15. The molecule has 26 heavy (non-hydrogen) atoms. The van der Waals surface area contributed by atoms with E-state index in [1.807, 2.05) is 24.3 Å². The summed E-state index contributed by atoms with van der Waals surface area (Å²) in [5.74, 6) is -1.56. The van der Waals surface area contributed by atoms with Crippen molar-refractivity contribution < 1.29 is 8.78 Å². The summed E-state index contributed by atoms with van der Waals surface area (Å²) < 4.78 is 28.0. The zero-order valence-corrected chi connectivity index (χ0v) is 15.4. The molecule has 134 valence electrons. The molecule has 0 fully saturated rings. The van der Waals surface area contributed by atoms with Crippen molar-refractivity contribution in [3.63, 3.8) is 0 Å². The van der Waals surface area contributed by atoms with Crippen LogP contribution in [-0.4, -0.2) is 0 Å². The van der Waals surface area contributed by atoms with Crippen LogP contribution in [0.1, 0.15) is 37.3 Å². The van der Waals surface area contributed by atoms with Gasteiger partial charge in [0.05, 0.1) is 0 Å². The van der Waals surface area contributed by atoms with Crippen LogP contribution in [0, 0.1) is 18.6 Å². The van der Waals surface area contributed by atoms with Crippen LogP contribution in [0.25, 0.3) is 22.3 Å². The Kier molecular flexibility index (Phi) is 5.82. The molecule has 2 heteroatoms. The van der Waals surface area contributed by atoms with Crippen molar-refractivity contribution in [2.45, 2.75) is 39.5 Å². The summed E-state index contributed by atoms with van der Waals surface area (Å²) in [7, 11) is 0. The Labute approximate surface area is 154 Å². The monoisotopic (exact) mass is 350 g/mol. The molecule has 3 aromatic carbocycles. The number of hydrogen-bond donors (Lipinski definition) is 0. The van der Waals surface area contributed by atoms with Gasteiger partial charge in [0.2, 0.25) is 0 Å². The van der Waals surface area contributed by atoms with Gasteiger partial charge in [0.25, 0.3) is 0 Å². The number of halogens is 2. The molecular weight excluding hydrogens is 326 g/mol. The molecule has 0 saturated carbocycles. The highest BCUT2D eigenvalue weighted by atomic mass is 19.2. The smallest absolute Gasteiger partial charge is 0.166 e. The molecule has 0 aliphatic carbocycles. The quantitative estimate of drug-likeness (QED) is 0.408. The van der Waals surface area contributed by atoms with Gasteiger partial charge in [-0.15, -0.1) is 0 Å². The van der Waals surface area contributed by atoms with E-state index in [4.69, 9.17) is 0 Å². The molecule has 0 nitrogen and oxygen atoms in total. The lowest BCUT2D eigenvalue weighted by Gasteiger charge is -2.08. The largest absolute Gasteiger partial charge is 0.203 e. The molecule has 0 amide bonds. The first-order chi connectivity index (χ1) is 12.6. The van der Waals surface area contributed by atoms with Gasteiger partial charge in [0.15, 0.2) is 11.6 Å². The highest BCUT2D eigenvalue weighted by Crippen LogP contribution is 2.29. The van der Waals surface area contributed by atoms with Crippen LogP contribution in [0.5, 0.6) is 0 Å². The first-order valence-corrected chi connectivity index (χ1v) is 9.24. The summed E-state index contributed by atoms with van der Waals surface area (Å²) in [6.07, 6.45) is 4.84. The molecule has 0 N–H and O–H groups in total. The fraction of sp³-hybridized carbons (Fsp3) is 0.250. The molecule has 0 spiro atoms. The third kappa shape index (κ3) is 4.01.